The Bertz CT molecular complexity index is 823. The second-order valence-corrected chi connectivity index (χ2v) is 6.20. The van der Waals surface area contributed by atoms with Gasteiger partial charge in [-0.1, -0.05) is 41.9 Å². The number of hydrogen-bond acceptors (Lipinski definition) is 3. The van der Waals surface area contributed by atoms with Gasteiger partial charge in [-0.15, -0.1) is 0 Å². The number of halogens is 1. The number of nitrogens with zero attached hydrogens (tertiary/aromatic N) is 3. The lowest BCUT2D eigenvalue weighted by atomic mass is 10.0. The zero-order chi connectivity index (χ0) is 17.3. The second kappa shape index (κ2) is 6.49. The third-order valence-corrected chi connectivity index (χ3v) is 4.07. The highest BCUT2D eigenvalue weighted by molar-refractivity contribution is 6.33. The Morgan fingerprint density at radius 2 is 1.67 bits per heavy atom. The highest BCUT2D eigenvalue weighted by Crippen LogP contribution is 2.30. The van der Waals surface area contributed by atoms with Crippen molar-refractivity contribution in [1.29, 1.82) is 0 Å². The Kier molecular flexibility index (Phi) is 4.40. The summed E-state index contributed by atoms with van der Waals surface area (Å²) in [6.45, 7) is 1.86. The first-order chi connectivity index (χ1) is 11.5. The van der Waals surface area contributed by atoms with Crippen molar-refractivity contribution < 1.29 is 4.79 Å². The molecular formula is C19H18ClN3O. The van der Waals surface area contributed by atoms with Crippen LogP contribution in [-0.4, -0.2) is 30.6 Å². The van der Waals surface area contributed by atoms with E-state index in [1.165, 1.54) is 5.01 Å². The average Bonchev–Trinajstić information content (AvgIpc) is 2.86. The Morgan fingerprint density at radius 3 is 2.25 bits per heavy atom. The molecule has 2 aromatic rings. The van der Waals surface area contributed by atoms with Crippen LogP contribution >= 0.6 is 11.6 Å². The number of carbonyl (C=O) groups excluding carboxylic acids is 1. The summed E-state index contributed by atoms with van der Waals surface area (Å²) in [7, 11) is 3.84. The molecule has 0 atom stereocenters. The van der Waals surface area contributed by atoms with Crippen LogP contribution in [0.3, 0.4) is 0 Å². The molecule has 0 bridgehead atoms. The molecule has 4 nitrogen and oxygen atoms in total. The van der Waals surface area contributed by atoms with E-state index < -0.39 is 0 Å². The molecule has 1 amide bonds. The first-order valence-corrected chi connectivity index (χ1v) is 7.99. The summed E-state index contributed by atoms with van der Waals surface area (Å²) in [6.07, 6.45) is 0. The van der Waals surface area contributed by atoms with Crippen molar-refractivity contribution in [3.8, 4) is 0 Å². The van der Waals surface area contributed by atoms with Crippen LogP contribution in [0.5, 0.6) is 0 Å². The molecule has 24 heavy (non-hydrogen) atoms. The van der Waals surface area contributed by atoms with Crippen molar-refractivity contribution in [3.05, 3.63) is 70.8 Å². The van der Waals surface area contributed by atoms with Gasteiger partial charge in [-0.2, -0.15) is 10.1 Å². The monoisotopic (exact) mass is 339 g/mol. The van der Waals surface area contributed by atoms with Crippen molar-refractivity contribution in [3.63, 3.8) is 0 Å². The molecule has 5 heteroatoms. The van der Waals surface area contributed by atoms with Crippen molar-refractivity contribution >= 4 is 34.6 Å². The molecule has 0 radical (unpaired) electrons. The van der Waals surface area contributed by atoms with Gasteiger partial charge in [0.15, 0.2) is 0 Å². The van der Waals surface area contributed by atoms with E-state index in [0.29, 0.717) is 16.3 Å². The smallest absolute Gasteiger partial charge is 0.282 e. The molecule has 0 spiro atoms. The first-order valence-electron chi connectivity index (χ1n) is 7.61. The molecule has 122 valence electrons. The summed E-state index contributed by atoms with van der Waals surface area (Å²) < 4.78 is 0. The predicted octanol–water partition coefficient (Wildman–Crippen LogP) is 4.04. The topological polar surface area (TPSA) is 35.9 Å². The van der Waals surface area contributed by atoms with Gasteiger partial charge in [0.2, 0.25) is 0 Å². The van der Waals surface area contributed by atoms with Crippen molar-refractivity contribution in [1.82, 2.24) is 4.90 Å². The lowest BCUT2D eigenvalue weighted by molar-refractivity contribution is -0.114. The molecule has 1 aliphatic heterocycles. The lowest BCUT2D eigenvalue weighted by Gasteiger charge is -2.20. The average molecular weight is 340 g/mol. The highest BCUT2D eigenvalue weighted by atomic mass is 35.5. The standard InChI is InChI=1S/C19H18ClN3O/c1-13-17(18(22(2)3)14-9-11-15(20)12-10-14)19(24)23(21-13)16-7-5-4-6-8-16/h4-12H,1-3H3/b18-17-. The van der Waals surface area contributed by atoms with Gasteiger partial charge < -0.3 is 4.90 Å². The third-order valence-electron chi connectivity index (χ3n) is 3.82. The number of amides is 1. The normalized spacial score (nSPS) is 16.2. The van der Waals surface area contributed by atoms with Crippen LogP contribution in [0.2, 0.25) is 5.02 Å². The molecule has 0 N–H and O–H groups in total. The molecule has 0 aliphatic carbocycles. The quantitative estimate of drug-likeness (QED) is 0.791. The molecule has 0 fully saturated rings. The summed E-state index contributed by atoms with van der Waals surface area (Å²) in [5.41, 5.74) is 3.81. The van der Waals surface area contributed by atoms with E-state index in [4.69, 9.17) is 11.6 Å². The number of carbonyl (C=O) groups is 1. The SMILES string of the molecule is CC1=NN(c2ccccc2)C(=O)/C1=C(/c1ccc(Cl)cc1)N(C)C. The third kappa shape index (κ3) is 2.93. The second-order valence-electron chi connectivity index (χ2n) is 5.76. The molecule has 3 rings (SSSR count). The van der Waals surface area contributed by atoms with E-state index in [1.54, 1.807) is 0 Å². The number of para-hydroxylation sites is 1. The van der Waals surface area contributed by atoms with Crippen LogP contribution in [-0.2, 0) is 4.79 Å². The fourth-order valence-corrected chi connectivity index (χ4v) is 2.88. The van der Waals surface area contributed by atoms with Crippen LogP contribution in [0.4, 0.5) is 5.69 Å². The van der Waals surface area contributed by atoms with E-state index in [1.807, 2.05) is 80.5 Å². The summed E-state index contributed by atoms with van der Waals surface area (Å²) in [5, 5.41) is 6.57. The predicted molar refractivity (Wildman–Crippen MR) is 99.1 cm³/mol. The van der Waals surface area contributed by atoms with Crippen molar-refractivity contribution in [2.45, 2.75) is 6.92 Å². The summed E-state index contributed by atoms with van der Waals surface area (Å²) in [4.78, 5) is 14.9. The van der Waals surface area contributed by atoms with E-state index in [-0.39, 0.29) is 5.91 Å². The van der Waals surface area contributed by atoms with E-state index in [0.717, 1.165) is 16.9 Å². The fraction of sp³-hybridized carbons (Fsp3) is 0.158. The van der Waals surface area contributed by atoms with Crippen LogP contribution < -0.4 is 5.01 Å². The van der Waals surface area contributed by atoms with Crippen LogP contribution in [0.15, 0.2) is 65.3 Å². The van der Waals surface area contributed by atoms with Gasteiger partial charge in [0.25, 0.3) is 5.91 Å². The van der Waals surface area contributed by atoms with E-state index >= 15 is 0 Å². The fourth-order valence-electron chi connectivity index (χ4n) is 2.76. The first kappa shape index (κ1) is 16.3. The Labute approximate surface area is 146 Å². The summed E-state index contributed by atoms with van der Waals surface area (Å²) >= 11 is 5.99. The number of rotatable bonds is 3. The van der Waals surface area contributed by atoms with Gasteiger partial charge in [-0.05, 0) is 36.8 Å². The van der Waals surface area contributed by atoms with Gasteiger partial charge in [0, 0.05) is 19.1 Å². The summed E-state index contributed by atoms with van der Waals surface area (Å²) in [6, 6.07) is 16.9. The molecule has 1 aliphatic rings. The Balaban J connectivity index is 2.11. The zero-order valence-electron chi connectivity index (χ0n) is 13.8. The molecule has 0 saturated heterocycles. The van der Waals surface area contributed by atoms with Crippen molar-refractivity contribution in [2.75, 3.05) is 19.1 Å². The molecule has 1 heterocycles. The van der Waals surface area contributed by atoms with Gasteiger partial charge in [0.05, 0.1) is 22.7 Å². The maximum atomic E-state index is 13.0. The minimum absolute atomic E-state index is 0.127. The minimum atomic E-state index is -0.127. The van der Waals surface area contributed by atoms with E-state index in [9.17, 15) is 4.79 Å². The van der Waals surface area contributed by atoms with Crippen LogP contribution in [0, 0.1) is 0 Å². The molecule has 0 unspecified atom stereocenters. The molecule has 0 aromatic heterocycles. The number of anilines is 1. The highest BCUT2D eigenvalue weighted by Gasteiger charge is 2.32. The van der Waals surface area contributed by atoms with Crippen LogP contribution in [0.1, 0.15) is 12.5 Å². The van der Waals surface area contributed by atoms with Gasteiger partial charge in [0.1, 0.15) is 0 Å². The maximum absolute atomic E-state index is 13.0. The zero-order valence-corrected chi connectivity index (χ0v) is 14.6. The number of hydrazone groups is 1. The molecule has 2 aromatic carbocycles. The Hall–Kier alpha value is -2.59. The van der Waals surface area contributed by atoms with Crippen LogP contribution in [0.25, 0.3) is 5.70 Å². The maximum Gasteiger partial charge on any atom is 0.282 e. The lowest BCUT2D eigenvalue weighted by Crippen LogP contribution is -2.24. The Morgan fingerprint density at radius 1 is 1.04 bits per heavy atom. The van der Waals surface area contributed by atoms with Gasteiger partial charge in [-0.25, -0.2) is 0 Å². The van der Waals surface area contributed by atoms with Gasteiger partial charge >= 0.3 is 0 Å². The molecular weight excluding hydrogens is 322 g/mol. The van der Waals surface area contributed by atoms with Crippen molar-refractivity contribution in [2.24, 2.45) is 5.10 Å². The summed E-state index contributed by atoms with van der Waals surface area (Å²) in [5.74, 6) is -0.127. The van der Waals surface area contributed by atoms with Gasteiger partial charge in [-0.3, -0.25) is 4.79 Å². The largest absolute Gasteiger partial charge is 0.376 e. The van der Waals surface area contributed by atoms with E-state index in [2.05, 4.69) is 5.10 Å². The number of benzene rings is 2. The molecule has 0 saturated carbocycles. The minimum Gasteiger partial charge on any atom is -0.376 e. The number of hydrogen-bond donors (Lipinski definition) is 0.